The van der Waals surface area contributed by atoms with Crippen molar-refractivity contribution in [3.8, 4) is 0 Å². The first-order valence-electron chi connectivity index (χ1n) is 7.14. The lowest BCUT2D eigenvalue weighted by atomic mass is 10.0. The summed E-state index contributed by atoms with van der Waals surface area (Å²) in [5, 5.41) is 9.20. The average molecular weight is 287 g/mol. The molecule has 0 radical (unpaired) electrons. The zero-order chi connectivity index (χ0) is 15.1. The smallest absolute Gasteiger partial charge is 0.311 e. The van der Waals surface area contributed by atoms with Crippen molar-refractivity contribution in [3.63, 3.8) is 0 Å². The maximum absolute atomic E-state index is 12.3. The van der Waals surface area contributed by atoms with Gasteiger partial charge in [0.2, 0.25) is 5.91 Å². The van der Waals surface area contributed by atoms with Gasteiger partial charge in [-0.15, -0.1) is 0 Å². The van der Waals surface area contributed by atoms with E-state index in [1.165, 1.54) is 0 Å². The van der Waals surface area contributed by atoms with Gasteiger partial charge in [0, 0.05) is 20.1 Å². The molecule has 1 aliphatic rings. The van der Waals surface area contributed by atoms with Crippen LogP contribution in [0.25, 0.3) is 0 Å². The normalized spacial score (nSPS) is 23.6. The van der Waals surface area contributed by atoms with Crippen molar-refractivity contribution < 1.29 is 24.2 Å². The Hall–Kier alpha value is -1.14. The van der Waals surface area contributed by atoms with E-state index in [9.17, 15) is 14.7 Å². The summed E-state index contributed by atoms with van der Waals surface area (Å²) in [7, 11) is 1.62. The second kappa shape index (κ2) is 8.21. The number of carboxylic acid groups (broad SMARTS) is 1. The molecule has 0 aliphatic carbocycles. The van der Waals surface area contributed by atoms with Gasteiger partial charge in [0.05, 0.1) is 25.4 Å². The Morgan fingerprint density at radius 1 is 1.45 bits per heavy atom. The van der Waals surface area contributed by atoms with Gasteiger partial charge in [0.25, 0.3) is 0 Å². The third-order valence-corrected chi connectivity index (χ3v) is 3.72. The van der Waals surface area contributed by atoms with Crippen molar-refractivity contribution in [1.82, 2.24) is 4.90 Å². The lowest BCUT2D eigenvalue weighted by molar-refractivity contribution is -0.145. The Morgan fingerprint density at radius 3 is 2.70 bits per heavy atom. The Bertz CT molecular complexity index is 334. The summed E-state index contributed by atoms with van der Waals surface area (Å²) < 4.78 is 10.4. The SMILES string of the molecule is CCCN(C(=O)CCC(C)OC)C1COCC1C(=O)O. The highest BCUT2D eigenvalue weighted by Gasteiger charge is 2.39. The van der Waals surface area contributed by atoms with Crippen molar-refractivity contribution in [2.75, 3.05) is 26.9 Å². The maximum Gasteiger partial charge on any atom is 0.311 e. The fourth-order valence-electron chi connectivity index (χ4n) is 2.39. The number of ether oxygens (including phenoxy) is 2. The number of hydrogen-bond donors (Lipinski definition) is 1. The second-order valence-electron chi connectivity index (χ2n) is 5.22. The molecule has 1 fully saturated rings. The molecule has 116 valence electrons. The van der Waals surface area contributed by atoms with Gasteiger partial charge >= 0.3 is 5.97 Å². The summed E-state index contributed by atoms with van der Waals surface area (Å²) in [6.07, 6.45) is 1.84. The molecule has 0 spiro atoms. The molecule has 1 saturated heterocycles. The van der Waals surface area contributed by atoms with Crippen molar-refractivity contribution in [3.05, 3.63) is 0 Å². The topological polar surface area (TPSA) is 76.1 Å². The van der Waals surface area contributed by atoms with Crippen molar-refractivity contribution >= 4 is 11.9 Å². The molecule has 0 aromatic heterocycles. The van der Waals surface area contributed by atoms with E-state index >= 15 is 0 Å². The Labute approximate surface area is 120 Å². The molecule has 6 heteroatoms. The van der Waals surface area contributed by atoms with E-state index in [-0.39, 0.29) is 24.7 Å². The minimum Gasteiger partial charge on any atom is -0.481 e. The predicted molar refractivity (Wildman–Crippen MR) is 73.4 cm³/mol. The Morgan fingerprint density at radius 2 is 2.15 bits per heavy atom. The lowest BCUT2D eigenvalue weighted by Gasteiger charge is -2.30. The van der Waals surface area contributed by atoms with Gasteiger partial charge < -0.3 is 19.5 Å². The van der Waals surface area contributed by atoms with E-state index in [4.69, 9.17) is 9.47 Å². The van der Waals surface area contributed by atoms with Crippen molar-refractivity contribution in [2.24, 2.45) is 5.92 Å². The molecule has 1 aliphatic heterocycles. The van der Waals surface area contributed by atoms with E-state index < -0.39 is 11.9 Å². The van der Waals surface area contributed by atoms with Crippen molar-refractivity contribution in [1.29, 1.82) is 0 Å². The number of rotatable bonds is 8. The summed E-state index contributed by atoms with van der Waals surface area (Å²) in [4.78, 5) is 25.2. The van der Waals surface area contributed by atoms with Gasteiger partial charge in [-0.2, -0.15) is 0 Å². The molecule has 0 bridgehead atoms. The van der Waals surface area contributed by atoms with Crippen LogP contribution in [-0.2, 0) is 19.1 Å². The lowest BCUT2D eigenvalue weighted by Crippen LogP contribution is -2.47. The van der Waals surface area contributed by atoms with Crippen LogP contribution in [0, 0.1) is 5.92 Å². The Kier molecular flexibility index (Phi) is 6.95. The summed E-state index contributed by atoms with van der Waals surface area (Å²) in [6, 6.07) is -0.349. The first-order chi connectivity index (χ1) is 9.51. The van der Waals surface area contributed by atoms with E-state index in [1.54, 1.807) is 12.0 Å². The van der Waals surface area contributed by atoms with Crippen LogP contribution in [0.4, 0.5) is 0 Å². The fourth-order valence-corrected chi connectivity index (χ4v) is 2.39. The minimum absolute atomic E-state index is 0.0162. The molecule has 20 heavy (non-hydrogen) atoms. The predicted octanol–water partition coefficient (Wildman–Crippen LogP) is 1.14. The molecule has 0 aromatic carbocycles. The van der Waals surface area contributed by atoms with Crippen LogP contribution in [0.3, 0.4) is 0 Å². The molecule has 3 atom stereocenters. The highest BCUT2D eigenvalue weighted by atomic mass is 16.5. The van der Waals surface area contributed by atoms with E-state index in [0.29, 0.717) is 26.0 Å². The number of carbonyl (C=O) groups is 2. The standard InChI is InChI=1S/C14H25NO5/c1-4-7-15(13(16)6-5-10(2)19-3)12-9-20-8-11(12)14(17)18/h10-12H,4-9H2,1-3H3,(H,17,18). The highest BCUT2D eigenvalue weighted by Crippen LogP contribution is 2.22. The van der Waals surface area contributed by atoms with E-state index in [0.717, 1.165) is 6.42 Å². The molecule has 0 saturated carbocycles. The van der Waals surface area contributed by atoms with Crippen LogP contribution in [-0.4, -0.2) is 60.9 Å². The van der Waals surface area contributed by atoms with Crippen LogP contribution >= 0.6 is 0 Å². The number of amides is 1. The van der Waals surface area contributed by atoms with Crippen LogP contribution in [0.5, 0.6) is 0 Å². The zero-order valence-electron chi connectivity index (χ0n) is 12.5. The van der Waals surface area contributed by atoms with Gasteiger partial charge in [0.15, 0.2) is 0 Å². The van der Waals surface area contributed by atoms with Crippen molar-refractivity contribution in [2.45, 2.75) is 45.3 Å². The molecule has 1 heterocycles. The van der Waals surface area contributed by atoms with Gasteiger partial charge in [-0.1, -0.05) is 6.92 Å². The number of carboxylic acids is 1. The molecule has 1 N–H and O–H groups in total. The third kappa shape index (κ3) is 4.45. The average Bonchev–Trinajstić information content (AvgIpc) is 2.90. The maximum atomic E-state index is 12.3. The monoisotopic (exact) mass is 287 g/mol. The number of methoxy groups -OCH3 is 1. The summed E-state index contributed by atoms with van der Waals surface area (Å²) >= 11 is 0. The highest BCUT2D eigenvalue weighted by molar-refractivity contribution is 5.78. The number of nitrogens with zero attached hydrogens (tertiary/aromatic N) is 1. The molecule has 1 amide bonds. The molecular weight excluding hydrogens is 262 g/mol. The van der Waals surface area contributed by atoms with Gasteiger partial charge in [-0.25, -0.2) is 0 Å². The van der Waals surface area contributed by atoms with Gasteiger partial charge in [-0.3, -0.25) is 9.59 Å². The van der Waals surface area contributed by atoms with Gasteiger partial charge in [0.1, 0.15) is 5.92 Å². The summed E-state index contributed by atoms with van der Waals surface area (Å²) in [5.74, 6) is -1.53. The number of carbonyl (C=O) groups excluding carboxylic acids is 1. The first kappa shape index (κ1) is 16.9. The number of hydrogen-bond acceptors (Lipinski definition) is 4. The number of aliphatic carboxylic acids is 1. The molecule has 0 aromatic rings. The molecule has 3 unspecified atom stereocenters. The second-order valence-corrected chi connectivity index (χ2v) is 5.22. The summed E-state index contributed by atoms with van der Waals surface area (Å²) in [5.41, 5.74) is 0. The Balaban J connectivity index is 2.67. The molecule has 6 nitrogen and oxygen atoms in total. The van der Waals surface area contributed by atoms with E-state index in [1.807, 2.05) is 13.8 Å². The van der Waals surface area contributed by atoms with Crippen LogP contribution in [0.15, 0.2) is 0 Å². The van der Waals surface area contributed by atoms with Gasteiger partial charge in [-0.05, 0) is 19.8 Å². The van der Waals surface area contributed by atoms with Crippen LogP contribution < -0.4 is 0 Å². The zero-order valence-corrected chi connectivity index (χ0v) is 12.5. The fraction of sp³-hybridized carbons (Fsp3) is 0.857. The minimum atomic E-state index is -0.897. The summed E-state index contributed by atoms with van der Waals surface area (Å²) in [6.45, 7) is 4.95. The van der Waals surface area contributed by atoms with Crippen LogP contribution in [0.2, 0.25) is 0 Å². The largest absolute Gasteiger partial charge is 0.481 e. The van der Waals surface area contributed by atoms with Crippen LogP contribution in [0.1, 0.15) is 33.1 Å². The van der Waals surface area contributed by atoms with E-state index in [2.05, 4.69) is 0 Å². The molecular formula is C14H25NO5. The third-order valence-electron chi connectivity index (χ3n) is 3.72. The molecule has 1 rings (SSSR count). The first-order valence-corrected chi connectivity index (χ1v) is 7.14. The quantitative estimate of drug-likeness (QED) is 0.724.